The first-order chi connectivity index (χ1) is 11.9. The Kier molecular flexibility index (Phi) is 4.40. The molecule has 0 saturated heterocycles. The van der Waals surface area contributed by atoms with Gasteiger partial charge in [0.15, 0.2) is 0 Å². The van der Waals surface area contributed by atoms with Gasteiger partial charge in [0.05, 0.1) is 11.4 Å². The van der Waals surface area contributed by atoms with Crippen molar-refractivity contribution in [3.05, 3.63) is 75.3 Å². The van der Waals surface area contributed by atoms with Crippen LogP contribution in [0.4, 0.5) is 0 Å². The molecule has 1 heterocycles. The van der Waals surface area contributed by atoms with E-state index in [1.54, 1.807) is 19.2 Å². The van der Waals surface area contributed by atoms with Crippen LogP contribution in [-0.4, -0.2) is 19.3 Å². The predicted molar refractivity (Wildman–Crippen MR) is 97.7 cm³/mol. The fourth-order valence-electron chi connectivity index (χ4n) is 3.18. The van der Waals surface area contributed by atoms with Gasteiger partial charge in [-0.05, 0) is 55.5 Å². The molecule has 0 fully saturated rings. The minimum absolute atomic E-state index is 0.0223. The molecule has 0 radical (unpaired) electrons. The first kappa shape index (κ1) is 16.9. The van der Waals surface area contributed by atoms with Crippen LogP contribution in [0.1, 0.15) is 22.4 Å². The summed E-state index contributed by atoms with van der Waals surface area (Å²) in [5.74, 6) is 0.292. The Labute approximate surface area is 146 Å². The minimum atomic E-state index is -0.267. The van der Waals surface area contributed by atoms with E-state index in [1.165, 1.54) is 9.13 Å². The largest absolute Gasteiger partial charge is 0.507 e. The van der Waals surface area contributed by atoms with E-state index in [-0.39, 0.29) is 11.6 Å². The molecule has 3 rings (SSSR count). The number of aryl methyl sites for hydroxylation is 3. The van der Waals surface area contributed by atoms with E-state index in [9.17, 15) is 15.0 Å². The molecule has 0 atom stereocenters. The molecule has 2 N–H and O–H groups in total. The lowest BCUT2D eigenvalue weighted by Gasteiger charge is -2.08. The third-order valence-electron chi connectivity index (χ3n) is 4.57. The smallest absolute Gasteiger partial charge is 0.335 e. The zero-order valence-electron chi connectivity index (χ0n) is 14.7. The maximum atomic E-state index is 12.5. The fourth-order valence-corrected chi connectivity index (χ4v) is 3.18. The number of rotatable bonds is 4. The maximum Gasteiger partial charge on any atom is 0.335 e. The van der Waals surface area contributed by atoms with Crippen molar-refractivity contribution >= 4 is 0 Å². The van der Waals surface area contributed by atoms with E-state index in [4.69, 9.17) is 0 Å². The first-order valence-electron chi connectivity index (χ1n) is 8.24. The molecule has 2 aromatic carbocycles. The second-order valence-corrected chi connectivity index (χ2v) is 6.36. The van der Waals surface area contributed by atoms with Gasteiger partial charge in [-0.2, -0.15) is 0 Å². The van der Waals surface area contributed by atoms with E-state index < -0.39 is 0 Å². The quantitative estimate of drug-likeness (QED) is 0.768. The van der Waals surface area contributed by atoms with Crippen LogP contribution in [0.3, 0.4) is 0 Å². The molecular formula is C20H22N2O3. The summed E-state index contributed by atoms with van der Waals surface area (Å²) in [4.78, 5) is 12.5. The number of hydrogen-bond acceptors (Lipinski definition) is 3. The van der Waals surface area contributed by atoms with Crippen molar-refractivity contribution in [1.82, 2.24) is 9.13 Å². The number of phenolic OH excluding ortho intramolecular Hbond substituents is 1. The summed E-state index contributed by atoms with van der Waals surface area (Å²) in [6.45, 7) is 3.73. The molecule has 3 aromatic rings. The molecule has 0 amide bonds. The first-order valence-corrected chi connectivity index (χ1v) is 8.24. The Morgan fingerprint density at radius 3 is 2.16 bits per heavy atom. The summed E-state index contributed by atoms with van der Waals surface area (Å²) in [5, 5.41) is 20.5. The number of hydrogen-bond donors (Lipinski definition) is 2. The van der Waals surface area contributed by atoms with E-state index >= 15 is 0 Å². The van der Waals surface area contributed by atoms with Crippen LogP contribution in [0, 0.1) is 13.8 Å². The number of aromatic hydroxyl groups is 2. The zero-order valence-corrected chi connectivity index (χ0v) is 14.7. The van der Waals surface area contributed by atoms with Gasteiger partial charge in [-0.1, -0.05) is 30.3 Å². The van der Waals surface area contributed by atoms with Gasteiger partial charge in [0.1, 0.15) is 5.75 Å². The van der Waals surface area contributed by atoms with Crippen molar-refractivity contribution in [2.24, 2.45) is 7.05 Å². The van der Waals surface area contributed by atoms with Crippen LogP contribution in [0.2, 0.25) is 0 Å². The predicted octanol–water partition coefficient (Wildman–Crippen LogP) is 2.99. The van der Waals surface area contributed by atoms with E-state index in [0.29, 0.717) is 30.0 Å². The summed E-state index contributed by atoms with van der Waals surface area (Å²) in [6, 6.07) is 13.0. The zero-order chi connectivity index (χ0) is 18.1. The monoisotopic (exact) mass is 338 g/mol. The summed E-state index contributed by atoms with van der Waals surface area (Å²) in [6.07, 6.45) is 1.20. The molecule has 0 bridgehead atoms. The van der Waals surface area contributed by atoms with Gasteiger partial charge in [0.2, 0.25) is 5.88 Å². The van der Waals surface area contributed by atoms with Crippen LogP contribution in [0.25, 0.3) is 5.69 Å². The third-order valence-corrected chi connectivity index (χ3v) is 4.57. The highest BCUT2D eigenvalue weighted by Crippen LogP contribution is 2.25. The van der Waals surface area contributed by atoms with Gasteiger partial charge >= 0.3 is 5.69 Å². The summed E-state index contributed by atoms with van der Waals surface area (Å²) < 4.78 is 2.81. The van der Waals surface area contributed by atoms with Gasteiger partial charge in [0.25, 0.3) is 0 Å². The molecule has 0 aliphatic carbocycles. The molecule has 0 aliphatic heterocycles. The Hall–Kier alpha value is -2.95. The highest BCUT2D eigenvalue weighted by Gasteiger charge is 2.18. The average Bonchev–Trinajstić information content (AvgIpc) is 2.81. The number of nitrogens with zero attached hydrogens (tertiary/aromatic N) is 2. The molecule has 25 heavy (non-hydrogen) atoms. The normalized spacial score (nSPS) is 11.0. The third kappa shape index (κ3) is 3.05. The van der Waals surface area contributed by atoms with Crippen molar-refractivity contribution in [2.75, 3.05) is 0 Å². The van der Waals surface area contributed by atoms with Crippen molar-refractivity contribution in [2.45, 2.75) is 26.7 Å². The number of phenols is 1. The fraction of sp³-hybridized carbons (Fsp3) is 0.250. The van der Waals surface area contributed by atoms with Gasteiger partial charge in [-0.15, -0.1) is 0 Å². The average molecular weight is 338 g/mol. The molecule has 130 valence electrons. The molecule has 0 aliphatic rings. The van der Waals surface area contributed by atoms with Gasteiger partial charge in [-0.25, -0.2) is 9.36 Å². The topological polar surface area (TPSA) is 67.4 Å². The molecule has 0 unspecified atom stereocenters. The second kappa shape index (κ2) is 6.51. The highest BCUT2D eigenvalue weighted by atomic mass is 16.3. The number of aromatic nitrogens is 2. The number of para-hydroxylation sites is 1. The summed E-state index contributed by atoms with van der Waals surface area (Å²) in [5.41, 5.74) is 3.69. The van der Waals surface area contributed by atoms with Crippen molar-refractivity contribution < 1.29 is 10.2 Å². The summed E-state index contributed by atoms with van der Waals surface area (Å²) in [7, 11) is 1.67. The van der Waals surface area contributed by atoms with Crippen LogP contribution < -0.4 is 5.69 Å². The van der Waals surface area contributed by atoms with Crippen LogP contribution in [0.5, 0.6) is 11.6 Å². The van der Waals surface area contributed by atoms with E-state index in [1.807, 2.05) is 44.2 Å². The summed E-state index contributed by atoms with van der Waals surface area (Å²) >= 11 is 0. The lowest BCUT2D eigenvalue weighted by Crippen LogP contribution is -2.21. The van der Waals surface area contributed by atoms with Crippen molar-refractivity contribution in [3.8, 4) is 17.3 Å². The standard InChI is InChI=1S/C20H22N2O3/c1-13-11-15(12-14(2)18(13)23)9-10-17-19(24)22(20(25)21(17)3)16-7-5-4-6-8-16/h4-8,11-12,23-24H,9-10H2,1-3H3. The van der Waals surface area contributed by atoms with Crippen molar-refractivity contribution in [3.63, 3.8) is 0 Å². The lowest BCUT2D eigenvalue weighted by molar-refractivity contribution is 0.433. The maximum absolute atomic E-state index is 12.5. The Morgan fingerprint density at radius 2 is 1.56 bits per heavy atom. The van der Waals surface area contributed by atoms with Crippen LogP contribution in [0.15, 0.2) is 47.3 Å². The molecule has 0 spiro atoms. The molecule has 5 heteroatoms. The Bertz CT molecular complexity index is 946. The van der Waals surface area contributed by atoms with E-state index in [0.717, 1.165) is 16.7 Å². The van der Waals surface area contributed by atoms with Crippen LogP contribution in [-0.2, 0) is 19.9 Å². The highest BCUT2D eigenvalue weighted by molar-refractivity contribution is 5.43. The lowest BCUT2D eigenvalue weighted by atomic mass is 10.0. The molecular weight excluding hydrogens is 316 g/mol. The van der Waals surface area contributed by atoms with E-state index in [2.05, 4.69) is 0 Å². The van der Waals surface area contributed by atoms with Crippen molar-refractivity contribution in [1.29, 1.82) is 0 Å². The SMILES string of the molecule is Cc1cc(CCc2c(O)n(-c3ccccc3)c(=O)n2C)cc(C)c1O. The Morgan fingerprint density at radius 1 is 0.960 bits per heavy atom. The number of imidazole rings is 1. The van der Waals surface area contributed by atoms with Gasteiger partial charge in [-0.3, -0.25) is 4.57 Å². The van der Waals surface area contributed by atoms with Gasteiger partial charge in [0, 0.05) is 7.05 Å². The Balaban J connectivity index is 1.93. The minimum Gasteiger partial charge on any atom is -0.507 e. The second-order valence-electron chi connectivity index (χ2n) is 6.36. The van der Waals surface area contributed by atoms with Gasteiger partial charge < -0.3 is 10.2 Å². The molecule has 1 aromatic heterocycles. The number of benzene rings is 2. The van der Waals surface area contributed by atoms with Crippen LogP contribution >= 0.6 is 0 Å². The molecule has 5 nitrogen and oxygen atoms in total. The molecule has 0 saturated carbocycles.